The van der Waals surface area contributed by atoms with Crippen molar-refractivity contribution in [3.8, 4) is 0 Å². The van der Waals surface area contributed by atoms with Gasteiger partial charge in [0, 0.05) is 17.2 Å². The summed E-state index contributed by atoms with van der Waals surface area (Å²) in [4.78, 5) is 30.6. The van der Waals surface area contributed by atoms with Crippen molar-refractivity contribution in [3.63, 3.8) is 0 Å². The van der Waals surface area contributed by atoms with Gasteiger partial charge in [0.15, 0.2) is 0 Å². The fourth-order valence-corrected chi connectivity index (χ4v) is 3.14. The minimum Gasteiger partial charge on any atom is -0.350 e. The van der Waals surface area contributed by atoms with Gasteiger partial charge in [-0.2, -0.15) is 0 Å². The molecule has 1 saturated heterocycles. The molecule has 0 spiro atoms. The Labute approximate surface area is 142 Å². The number of hydrogen-bond donors (Lipinski definition) is 1. The highest BCUT2D eigenvalue weighted by atomic mass is 79.9. The molecule has 2 aromatic rings. The Morgan fingerprint density at radius 3 is 2.78 bits per heavy atom. The summed E-state index contributed by atoms with van der Waals surface area (Å²) in [7, 11) is 0. The fourth-order valence-electron chi connectivity index (χ4n) is 2.64. The number of halogens is 1. The zero-order valence-electron chi connectivity index (χ0n) is 12.4. The maximum absolute atomic E-state index is 12.5. The van der Waals surface area contributed by atoms with Gasteiger partial charge >= 0.3 is 0 Å². The van der Waals surface area contributed by atoms with E-state index in [0.717, 1.165) is 15.9 Å². The monoisotopic (exact) mass is 373 g/mol. The molecular weight excluding hydrogens is 358 g/mol. The molecule has 1 fully saturated rings. The first-order chi connectivity index (χ1) is 11.2. The summed E-state index contributed by atoms with van der Waals surface area (Å²) in [5.74, 6) is -1.03. The van der Waals surface area contributed by atoms with Crippen LogP contribution < -0.4 is 10.2 Å². The predicted octanol–water partition coefficient (Wildman–Crippen LogP) is 2.51. The van der Waals surface area contributed by atoms with Crippen molar-refractivity contribution in [3.05, 3.63) is 58.8 Å². The normalized spacial score (nSPS) is 17.3. The summed E-state index contributed by atoms with van der Waals surface area (Å²) in [6.45, 7) is 0.877. The molecule has 1 aliphatic rings. The van der Waals surface area contributed by atoms with Gasteiger partial charge in [-0.3, -0.25) is 14.6 Å². The summed E-state index contributed by atoms with van der Waals surface area (Å²) < 4.78 is 0.850. The van der Waals surface area contributed by atoms with Crippen LogP contribution in [-0.4, -0.2) is 23.3 Å². The van der Waals surface area contributed by atoms with E-state index in [2.05, 4.69) is 26.2 Å². The van der Waals surface area contributed by atoms with E-state index in [9.17, 15) is 9.59 Å². The highest BCUT2D eigenvalue weighted by molar-refractivity contribution is 9.10. The summed E-state index contributed by atoms with van der Waals surface area (Å²) in [6, 6.07) is 13.1. The first-order valence-corrected chi connectivity index (χ1v) is 8.19. The van der Waals surface area contributed by atoms with E-state index in [0.29, 0.717) is 19.5 Å². The van der Waals surface area contributed by atoms with Gasteiger partial charge in [0.05, 0.1) is 17.9 Å². The summed E-state index contributed by atoms with van der Waals surface area (Å²) >= 11 is 3.45. The lowest BCUT2D eigenvalue weighted by atomic mass is 10.1. The number of carbonyl (C=O) groups excluding carboxylic acids is 2. The number of pyridine rings is 1. The Morgan fingerprint density at radius 1 is 1.26 bits per heavy atom. The lowest BCUT2D eigenvalue weighted by Gasteiger charge is -2.18. The van der Waals surface area contributed by atoms with Gasteiger partial charge in [0.1, 0.15) is 5.92 Å². The van der Waals surface area contributed by atoms with Crippen molar-refractivity contribution in [1.82, 2.24) is 10.3 Å². The first kappa shape index (κ1) is 15.7. The van der Waals surface area contributed by atoms with Crippen molar-refractivity contribution in [2.24, 2.45) is 5.92 Å². The van der Waals surface area contributed by atoms with Crippen LogP contribution in [0.3, 0.4) is 0 Å². The van der Waals surface area contributed by atoms with Crippen LogP contribution in [0.2, 0.25) is 0 Å². The van der Waals surface area contributed by atoms with Gasteiger partial charge in [-0.25, -0.2) is 0 Å². The third-order valence-corrected chi connectivity index (χ3v) is 4.51. The maximum Gasteiger partial charge on any atom is 0.239 e. The average Bonchev–Trinajstić information content (AvgIpc) is 2.95. The zero-order valence-corrected chi connectivity index (χ0v) is 14.0. The van der Waals surface area contributed by atoms with Crippen LogP contribution in [-0.2, 0) is 16.1 Å². The summed E-state index contributed by atoms with van der Waals surface area (Å²) in [5.41, 5.74) is 1.58. The number of benzene rings is 1. The second-order valence-electron chi connectivity index (χ2n) is 5.32. The number of anilines is 1. The van der Waals surface area contributed by atoms with Gasteiger partial charge < -0.3 is 10.2 Å². The van der Waals surface area contributed by atoms with Crippen molar-refractivity contribution in [1.29, 1.82) is 0 Å². The Balaban J connectivity index is 1.65. The van der Waals surface area contributed by atoms with Crippen molar-refractivity contribution < 1.29 is 9.59 Å². The van der Waals surface area contributed by atoms with Crippen LogP contribution in [0, 0.1) is 5.92 Å². The molecule has 0 unspecified atom stereocenters. The number of aromatic nitrogens is 1. The third-order valence-electron chi connectivity index (χ3n) is 3.84. The highest BCUT2D eigenvalue weighted by Crippen LogP contribution is 2.31. The van der Waals surface area contributed by atoms with Crippen LogP contribution in [0.4, 0.5) is 5.69 Å². The molecule has 3 rings (SSSR count). The van der Waals surface area contributed by atoms with Gasteiger partial charge in [-0.15, -0.1) is 0 Å². The van der Waals surface area contributed by atoms with E-state index in [1.165, 1.54) is 0 Å². The molecule has 0 radical (unpaired) electrons. The third kappa shape index (κ3) is 3.42. The standard InChI is InChI=1S/C17H16BrN3O2/c18-14-6-1-2-7-15(14)21-10-8-13(17(21)23)16(22)20-11-12-5-3-4-9-19-12/h1-7,9,13H,8,10-11H2,(H,20,22)/t13-/m0/s1. The molecule has 118 valence electrons. The molecule has 23 heavy (non-hydrogen) atoms. The van der Waals surface area contributed by atoms with Crippen LogP contribution in [0.1, 0.15) is 12.1 Å². The van der Waals surface area contributed by atoms with E-state index in [-0.39, 0.29) is 11.8 Å². The number of hydrogen-bond acceptors (Lipinski definition) is 3. The molecule has 1 N–H and O–H groups in total. The van der Waals surface area contributed by atoms with Crippen LogP contribution in [0.25, 0.3) is 0 Å². The van der Waals surface area contributed by atoms with E-state index in [4.69, 9.17) is 0 Å². The van der Waals surface area contributed by atoms with E-state index in [1.807, 2.05) is 42.5 Å². The molecule has 1 aromatic heterocycles. The van der Waals surface area contributed by atoms with E-state index >= 15 is 0 Å². The van der Waals surface area contributed by atoms with Crippen molar-refractivity contribution >= 4 is 33.4 Å². The average molecular weight is 374 g/mol. The molecule has 0 saturated carbocycles. The van der Waals surface area contributed by atoms with Crippen LogP contribution in [0.5, 0.6) is 0 Å². The maximum atomic E-state index is 12.5. The number of para-hydroxylation sites is 1. The fraction of sp³-hybridized carbons (Fsp3) is 0.235. The van der Waals surface area contributed by atoms with Crippen LogP contribution >= 0.6 is 15.9 Å². The molecule has 0 bridgehead atoms. The number of nitrogens with one attached hydrogen (secondary N) is 1. The molecule has 5 nitrogen and oxygen atoms in total. The molecule has 6 heteroatoms. The molecular formula is C17H16BrN3O2. The Kier molecular flexibility index (Phi) is 4.71. The molecule has 2 heterocycles. The van der Waals surface area contributed by atoms with Gasteiger partial charge in [-0.1, -0.05) is 18.2 Å². The quantitative estimate of drug-likeness (QED) is 0.837. The van der Waals surface area contributed by atoms with Crippen molar-refractivity contribution in [2.75, 3.05) is 11.4 Å². The topological polar surface area (TPSA) is 62.3 Å². The van der Waals surface area contributed by atoms with Crippen molar-refractivity contribution in [2.45, 2.75) is 13.0 Å². The van der Waals surface area contributed by atoms with E-state index in [1.54, 1.807) is 11.1 Å². The van der Waals surface area contributed by atoms with Gasteiger partial charge in [0.2, 0.25) is 11.8 Å². The molecule has 1 aliphatic heterocycles. The van der Waals surface area contributed by atoms with Gasteiger partial charge in [-0.05, 0) is 46.6 Å². The second-order valence-corrected chi connectivity index (χ2v) is 6.18. The Morgan fingerprint density at radius 2 is 2.04 bits per heavy atom. The molecule has 0 aliphatic carbocycles. The highest BCUT2D eigenvalue weighted by Gasteiger charge is 2.37. The molecule has 1 atom stereocenters. The number of carbonyl (C=O) groups is 2. The molecule has 2 amide bonds. The number of amides is 2. The van der Waals surface area contributed by atoms with Gasteiger partial charge in [0.25, 0.3) is 0 Å². The molecule has 1 aromatic carbocycles. The predicted molar refractivity (Wildman–Crippen MR) is 90.7 cm³/mol. The number of nitrogens with zero attached hydrogens (tertiary/aromatic N) is 2. The Bertz CT molecular complexity index is 721. The number of rotatable bonds is 4. The minimum absolute atomic E-state index is 0.157. The largest absolute Gasteiger partial charge is 0.350 e. The van der Waals surface area contributed by atoms with E-state index < -0.39 is 5.92 Å². The second kappa shape index (κ2) is 6.91. The van der Waals surface area contributed by atoms with Crippen LogP contribution in [0.15, 0.2) is 53.1 Å². The summed E-state index contributed by atoms with van der Waals surface area (Å²) in [5, 5.41) is 2.80. The Hall–Kier alpha value is -2.21. The lowest BCUT2D eigenvalue weighted by Crippen LogP contribution is -2.36. The minimum atomic E-state index is -0.634. The first-order valence-electron chi connectivity index (χ1n) is 7.40. The SMILES string of the molecule is O=C(NCc1ccccn1)[C@@H]1CCN(c2ccccc2Br)C1=O. The lowest BCUT2D eigenvalue weighted by molar-refractivity contribution is -0.132. The smallest absolute Gasteiger partial charge is 0.239 e. The summed E-state index contributed by atoms with van der Waals surface area (Å²) in [6.07, 6.45) is 2.20. The zero-order chi connectivity index (χ0) is 16.2.